The molecule has 3 rings (SSSR count). The van der Waals surface area contributed by atoms with E-state index >= 15 is 0 Å². The van der Waals surface area contributed by atoms with Crippen molar-refractivity contribution in [2.45, 2.75) is 13.8 Å². The Morgan fingerprint density at radius 2 is 2.07 bits per heavy atom. The minimum Gasteiger partial charge on any atom is -0.325 e. The van der Waals surface area contributed by atoms with E-state index in [1.54, 1.807) is 17.5 Å². The highest BCUT2D eigenvalue weighted by atomic mass is 32.2. The number of carbonyl (C=O) groups excluding carboxylic acids is 3. The topological polar surface area (TPSA) is 124 Å². The van der Waals surface area contributed by atoms with Crippen LogP contribution in [0, 0.1) is 19.3 Å². The molecule has 0 spiro atoms. The number of rotatable bonds is 4. The van der Waals surface area contributed by atoms with Crippen LogP contribution in [0.15, 0.2) is 45.7 Å². The number of anilines is 1. The van der Waals surface area contributed by atoms with Crippen LogP contribution in [0.4, 0.5) is 5.69 Å². The number of hydrogen-bond donors (Lipinski definition) is 3. The van der Waals surface area contributed by atoms with Gasteiger partial charge in [0.05, 0.1) is 10.6 Å². The molecular weight excluding hydrogens is 410 g/mol. The van der Waals surface area contributed by atoms with Crippen molar-refractivity contribution in [3.8, 4) is 0 Å². The zero-order valence-electron chi connectivity index (χ0n) is 15.6. The van der Waals surface area contributed by atoms with Gasteiger partial charge in [0.25, 0.3) is 11.8 Å². The number of amidine groups is 2. The third kappa shape index (κ3) is 5.04. The summed E-state index contributed by atoms with van der Waals surface area (Å²) in [7, 11) is 0. The Kier molecular flexibility index (Phi) is 6.35. The summed E-state index contributed by atoms with van der Waals surface area (Å²) in [6.07, 6.45) is 0. The summed E-state index contributed by atoms with van der Waals surface area (Å²) in [6, 6.07) is 8.91. The lowest BCUT2D eigenvalue weighted by Crippen LogP contribution is -2.43. The fourth-order valence-electron chi connectivity index (χ4n) is 2.38. The standard InChI is InChI=1S/C19H17N5O3S2/c1-10-5-3-6-12(11(10)2)21-14(25)9-29-19-23-16(20)15(18(27)24-19)22-17(26)13-7-4-8-28-13/h3-8H,9H2,1-2H3,(H,21,25)(H2,20,23,24,27). The van der Waals surface area contributed by atoms with E-state index in [1.165, 1.54) is 11.3 Å². The molecule has 1 aliphatic rings. The largest absolute Gasteiger partial charge is 0.325 e. The van der Waals surface area contributed by atoms with Gasteiger partial charge in [0.15, 0.2) is 16.7 Å². The normalized spacial score (nSPS) is 15.1. The number of thiophene rings is 1. The van der Waals surface area contributed by atoms with E-state index in [1.807, 2.05) is 32.0 Å². The Morgan fingerprint density at radius 3 is 2.76 bits per heavy atom. The van der Waals surface area contributed by atoms with Crippen molar-refractivity contribution >= 4 is 63.2 Å². The van der Waals surface area contributed by atoms with Crippen LogP contribution in [0.2, 0.25) is 0 Å². The minimum absolute atomic E-state index is 0.000374. The van der Waals surface area contributed by atoms with Crippen molar-refractivity contribution in [1.82, 2.24) is 5.32 Å². The Morgan fingerprint density at radius 1 is 1.28 bits per heavy atom. The summed E-state index contributed by atoms with van der Waals surface area (Å²) >= 11 is 2.18. The molecule has 0 atom stereocenters. The Bertz CT molecular complexity index is 1060. The maximum absolute atomic E-state index is 12.2. The number of amides is 3. The quantitative estimate of drug-likeness (QED) is 0.694. The van der Waals surface area contributed by atoms with Crippen molar-refractivity contribution in [2.24, 2.45) is 9.98 Å². The predicted octanol–water partition coefficient (Wildman–Crippen LogP) is 2.78. The van der Waals surface area contributed by atoms with E-state index in [0.29, 0.717) is 4.88 Å². The summed E-state index contributed by atoms with van der Waals surface area (Å²) in [5.41, 5.74) is 2.41. The van der Waals surface area contributed by atoms with Gasteiger partial charge in [-0.15, -0.1) is 11.3 Å². The van der Waals surface area contributed by atoms with Gasteiger partial charge in [-0.05, 0) is 42.5 Å². The van der Waals surface area contributed by atoms with Crippen LogP contribution < -0.4 is 10.6 Å². The molecular formula is C19H17N5O3S2. The highest BCUT2D eigenvalue weighted by Crippen LogP contribution is 2.18. The highest BCUT2D eigenvalue weighted by molar-refractivity contribution is 8.14. The molecule has 0 bridgehead atoms. The lowest BCUT2D eigenvalue weighted by molar-refractivity contribution is -0.114. The fourth-order valence-corrected chi connectivity index (χ4v) is 3.65. The van der Waals surface area contributed by atoms with Crippen LogP contribution >= 0.6 is 23.1 Å². The number of nitrogens with zero attached hydrogens (tertiary/aromatic N) is 2. The molecule has 0 fully saturated rings. The van der Waals surface area contributed by atoms with Gasteiger partial charge in [0.2, 0.25) is 5.91 Å². The average molecular weight is 428 g/mol. The molecule has 2 aromatic rings. The van der Waals surface area contributed by atoms with Crippen LogP contribution in [-0.2, 0) is 9.59 Å². The number of benzene rings is 1. The average Bonchev–Trinajstić information content (AvgIpc) is 3.21. The van der Waals surface area contributed by atoms with Gasteiger partial charge in [0, 0.05) is 5.69 Å². The molecule has 1 aromatic heterocycles. The van der Waals surface area contributed by atoms with Gasteiger partial charge in [-0.1, -0.05) is 30.0 Å². The van der Waals surface area contributed by atoms with E-state index in [9.17, 15) is 14.4 Å². The van der Waals surface area contributed by atoms with Crippen molar-refractivity contribution in [3.05, 3.63) is 51.7 Å². The van der Waals surface area contributed by atoms with E-state index in [0.717, 1.165) is 28.6 Å². The molecule has 10 heteroatoms. The maximum atomic E-state index is 12.2. The van der Waals surface area contributed by atoms with Crippen molar-refractivity contribution in [2.75, 3.05) is 11.1 Å². The smallest absolute Gasteiger partial charge is 0.287 e. The van der Waals surface area contributed by atoms with Crippen LogP contribution in [-0.4, -0.2) is 40.2 Å². The minimum atomic E-state index is -0.702. The van der Waals surface area contributed by atoms with Gasteiger partial charge in [0.1, 0.15) is 0 Å². The van der Waals surface area contributed by atoms with Crippen molar-refractivity contribution in [3.63, 3.8) is 0 Å². The molecule has 3 N–H and O–H groups in total. The van der Waals surface area contributed by atoms with Gasteiger partial charge >= 0.3 is 0 Å². The molecule has 29 heavy (non-hydrogen) atoms. The first-order valence-electron chi connectivity index (χ1n) is 8.49. The zero-order chi connectivity index (χ0) is 21.0. The highest BCUT2D eigenvalue weighted by Gasteiger charge is 2.26. The van der Waals surface area contributed by atoms with Gasteiger partial charge < -0.3 is 5.32 Å². The van der Waals surface area contributed by atoms with Gasteiger partial charge in [-0.3, -0.25) is 25.1 Å². The zero-order valence-corrected chi connectivity index (χ0v) is 17.2. The first-order valence-corrected chi connectivity index (χ1v) is 10.4. The monoisotopic (exact) mass is 427 g/mol. The molecule has 1 aliphatic heterocycles. The van der Waals surface area contributed by atoms with Crippen molar-refractivity contribution in [1.29, 1.82) is 5.41 Å². The third-order valence-electron chi connectivity index (χ3n) is 4.04. The summed E-state index contributed by atoms with van der Waals surface area (Å²) in [5.74, 6) is -1.99. The van der Waals surface area contributed by atoms with Gasteiger partial charge in [-0.25, -0.2) is 4.99 Å². The second-order valence-corrected chi connectivity index (χ2v) is 7.96. The summed E-state index contributed by atoms with van der Waals surface area (Å²) < 4.78 is 0. The molecule has 0 unspecified atom stereocenters. The molecule has 8 nitrogen and oxygen atoms in total. The van der Waals surface area contributed by atoms with E-state index in [-0.39, 0.29) is 22.5 Å². The van der Waals surface area contributed by atoms with Crippen LogP contribution in [0.3, 0.4) is 0 Å². The number of nitrogens with one attached hydrogen (secondary N) is 3. The van der Waals surface area contributed by atoms with E-state index in [2.05, 4.69) is 20.6 Å². The molecule has 0 saturated carbocycles. The van der Waals surface area contributed by atoms with E-state index < -0.39 is 17.6 Å². The van der Waals surface area contributed by atoms with Crippen molar-refractivity contribution < 1.29 is 14.4 Å². The maximum Gasteiger partial charge on any atom is 0.287 e. The number of aryl methyl sites for hydroxylation is 1. The first kappa shape index (κ1) is 20.6. The summed E-state index contributed by atoms with van der Waals surface area (Å²) in [6.45, 7) is 3.88. The first-order chi connectivity index (χ1) is 13.8. The number of carbonyl (C=O) groups is 3. The second-order valence-electron chi connectivity index (χ2n) is 6.05. The Hall–Kier alpha value is -3.11. The number of aliphatic imine (C=N–C) groups is 2. The molecule has 0 radical (unpaired) electrons. The molecule has 0 aliphatic carbocycles. The molecule has 3 amide bonds. The lowest BCUT2D eigenvalue weighted by Gasteiger charge is -2.15. The SMILES string of the molecule is Cc1cccc(NC(=O)CSC2=NC(=N)C(=NC(=O)c3cccs3)C(=O)N2)c1C. The second kappa shape index (κ2) is 8.93. The molecule has 0 saturated heterocycles. The van der Waals surface area contributed by atoms with Crippen LogP contribution in [0.1, 0.15) is 20.8 Å². The van der Waals surface area contributed by atoms with Crippen LogP contribution in [0.5, 0.6) is 0 Å². The summed E-state index contributed by atoms with van der Waals surface area (Å²) in [4.78, 5) is 44.4. The Balaban J connectivity index is 1.62. The number of hydrogen-bond acceptors (Lipinski definition) is 6. The fraction of sp³-hybridized carbons (Fsp3) is 0.158. The molecule has 1 aromatic carbocycles. The number of thioether (sulfide) groups is 1. The van der Waals surface area contributed by atoms with E-state index in [4.69, 9.17) is 5.41 Å². The molecule has 148 valence electrons. The van der Waals surface area contributed by atoms with Crippen LogP contribution in [0.25, 0.3) is 0 Å². The molecule has 2 heterocycles. The summed E-state index contributed by atoms with van der Waals surface area (Å²) in [5, 5.41) is 15.0. The predicted molar refractivity (Wildman–Crippen MR) is 116 cm³/mol. The lowest BCUT2D eigenvalue weighted by atomic mass is 10.1. The third-order valence-corrected chi connectivity index (χ3v) is 5.77. The Labute approximate surface area is 175 Å². The van der Waals surface area contributed by atoms with Gasteiger partial charge in [-0.2, -0.15) is 4.99 Å².